The molecule has 0 atom stereocenters. The molecule has 0 saturated carbocycles. The first-order valence-corrected chi connectivity index (χ1v) is 3.56. The fourth-order valence-corrected chi connectivity index (χ4v) is 0.841. The molecular weight excluding hydrogens is 181 g/mol. The van der Waals surface area contributed by atoms with Gasteiger partial charge in [0.05, 0.1) is 0 Å². The van der Waals surface area contributed by atoms with E-state index in [0.29, 0.717) is 12.1 Å². The van der Waals surface area contributed by atoms with Gasteiger partial charge in [0, 0.05) is 19.8 Å². The van der Waals surface area contributed by atoms with E-state index >= 15 is 0 Å². The molecule has 0 unspecified atom stereocenters. The number of alkyl halides is 3. The zero-order valence-electron chi connectivity index (χ0n) is 6.73. The smallest absolute Gasteiger partial charge is 0.311 e. The maximum atomic E-state index is 12.0. The van der Waals surface area contributed by atoms with Gasteiger partial charge in [-0.2, -0.15) is 13.2 Å². The van der Waals surface area contributed by atoms with Crippen LogP contribution in [0.2, 0.25) is 0 Å². The molecule has 1 aromatic heterocycles. The molecule has 0 amide bonds. The quantitative estimate of drug-likeness (QED) is 0.769. The van der Waals surface area contributed by atoms with Crippen molar-refractivity contribution in [2.75, 3.05) is 0 Å². The van der Waals surface area contributed by atoms with Crippen LogP contribution in [0.3, 0.4) is 0 Å². The van der Waals surface area contributed by atoms with E-state index in [4.69, 9.17) is 0 Å². The van der Waals surface area contributed by atoms with Gasteiger partial charge in [0.1, 0.15) is 5.69 Å². The van der Waals surface area contributed by atoms with Crippen LogP contribution < -0.4 is 5.32 Å². The highest BCUT2D eigenvalue weighted by Crippen LogP contribution is 2.26. The van der Waals surface area contributed by atoms with Gasteiger partial charge in [0.25, 0.3) is 0 Å². The number of halogens is 3. The van der Waals surface area contributed by atoms with E-state index in [1.54, 1.807) is 0 Å². The summed E-state index contributed by atoms with van der Waals surface area (Å²) in [6.07, 6.45) is -3.18. The molecule has 0 saturated heterocycles. The molecule has 1 N–H and O–H groups in total. The van der Waals surface area contributed by atoms with E-state index < -0.39 is 11.9 Å². The van der Waals surface area contributed by atoms with Crippen molar-refractivity contribution in [3.05, 3.63) is 36.6 Å². The van der Waals surface area contributed by atoms with Crippen molar-refractivity contribution >= 4 is 0 Å². The van der Waals surface area contributed by atoms with Gasteiger partial charge in [-0.05, 0) is 11.6 Å². The Balaban J connectivity index is 2.81. The lowest BCUT2D eigenvalue weighted by molar-refractivity contribution is -0.141. The number of aromatic nitrogens is 1. The summed E-state index contributed by atoms with van der Waals surface area (Å²) in [5.41, 5.74) is -0.205. The molecule has 0 aliphatic carbocycles. The minimum atomic E-state index is -4.36. The second-order valence-electron chi connectivity index (χ2n) is 2.48. The SMILES string of the molecule is [CH2]NCc1ccc(C(F)(F)F)nc1. The van der Waals surface area contributed by atoms with E-state index in [0.717, 1.165) is 6.07 Å². The molecule has 0 aliphatic rings. The summed E-state index contributed by atoms with van der Waals surface area (Å²) in [5, 5.41) is 2.57. The summed E-state index contributed by atoms with van der Waals surface area (Å²) in [6, 6.07) is 2.32. The molecule has 0 bridgehead atoms. The first-order valence-electron chi connectivity index (χ1n) is 3.56. The molecular formula is C8H8F3N2. The molecule has 0 aliphatic heterocycles. The third-order valence-electron chi connectivity index (χ3n) is 1.44. The van der Waals surface area contributed by atoms with Crippen molar-refractivity contribution in [1.29, 1.82) is 0 Å². The van der Waals surface area contributed by atoms with Crippen molar-refractivity contribution in [1.82, 2.24) is 10.3 Å². The van der Waals surface area contributed by atoms with Gasteiger partial charge in [0.15, 0.2) is 0 Å². The summed E-state index contributed by atoms with van der Waals surface area (Å²) >= 11 is 0. The molecule has 71 valence electrons. The van der Waals surface area contributed by atoms with Crippen LogP contribution in [-0.2, 0) is 12.7 Å². The minimum absolute atomic E-state index is 0.408. The second kappa shape index (κ2) is 3.74. The van der Waals surface area contributed by atoms with E-state index in [2.05, 4.69) is 17.3 Å². The average Bonchev–Trinajstić information content (AvgIpc) is 2.04. The van der Waals surface area contributed by atoms with Gasteiger partial charge in [-0.1, -0.05) is 6.07 Å². The fraction of sp³-hybridized carbons (Fsp3) is 0.250. The molecule has 1 rings (SSSR count). The van der Waals surface area contributed by atoms with Crippen LogP contribution in [0.5, 0.6) is 0 Å². The third kappa shape index (κ3) is 2.69. The Hall–Kier alpha value is -1.10. The Labute approximate surface area is 73.8 Å². The normalized spacial score (nSPS) is 11.7. The molecule has 0 spiro atoms. The monoisotopic (exact) mass is 189 g/mol. The highest BCUT2D eigenvalue weighted by molar-refractivity contribution is 5.15. The lowest BCUT2D eigenvalue weighted by Crippen LogP contribution is -2.09. The third-order valence-corrected chi connectivity index (χ3v) is 1.44. The Bertz CT molecular complexity index is 266. The maximum absolute atomic E-state index is 12.0. The van der Waals surface area contributed by atoms with Gasteiger partial charge in [-0.3, -0.25) is 4.98 Å². The van der Waals surface area contributed by atoms with Crippen LogP contribution in [0.15, 0.2) is 18.3 Å². The average molecular weight is 189 g/mol. The van der Waals surface area contributed by atoms with Gasteiger partial charge in [0.2, 0.25) is 0 Å². The van der Waals surface area contributed by atoms with Crippen molar-refractivity contribution < 1.29 is 13.2 Å². The minimum Gasteiger partial charge on any atom is -0.311 e. The van der Waals surface area contributed by atoms with Crippen LogP contribution in [-0.4, -0.2) is 4.98 Å². The van der Waals surface area contributed by atoms with Crippen LogP contribution >= 0.6 is 0 Å². The Morgan fingerprint density at radius 1 is 1.38 bits per heavy atom. The first kappa shape index (κ1) is 9.98. The predicted octanol–water partition coefficient (Wildman–Crippen LogP) is 1.98. The summed E-state index contributed by atoms with van der Waals surface area (Å²) in [6.45, 7) is 0.408. The van der Waals surface area contributed by atoms with Crippen molar-refractivity contribution in [2.24, 2.45) is 0 Å². The molecule has 13 heavy (non-hydrogen) atoms. The lowest BCUT2D eigenvalue weighted by atomic mass is 10.2. The van der Waals surface area contributed by atoms with E-state index in [-0.39, 0.29) is 0 Å². The topological polar surface area (TPSA) is 24.9 Å². The standard InChI is InChI=1S/C8H8F3N2/c1-12-4-6-2-3-7(13-5-6)8(9,10)11/h2-3,5,12H,1,4H2. The molecule has 1 aromatic rings. The molecule has 1 radical (unpaired) electrons. The summed E-state index contributed by atoms with van der Waals surface area (Å²) < 4.78 is 36.0. The highest BCUT2D eigenvalue weighted by Gasteiger charge is 2.31. The zero-order chi connectivity index (χ0) is 9.90. The van der Waals surface area contributed by atoms with Crippen molar-refractivity contribution in [3.63, 3.8) is 0 Å². The molecule has 0 fully saturated rings. The maximum Gasteiger partial charge on any atom is 0.433 e. The van der Waals surface area contributed by atoms with Crippen LogP contribution in [0.25, 0.3) is 0 Å². The summed E-state index contributed by atoms with van der Waals surface area (Å²) in [7, 11) is 3.35. The molecule has 0 aromatic carbocycles. The van der Waals surface area contributed by atoms with Gasteiger partial charge in [-0.25, -0.2) is 0 Å². The predicted molar refractivity (Wildman–Crippen MR) is 41.4 cm³/mol. The second-order valence-corrected chi connectivity index (χ2v) is 2.48. The number of nitrogens with zero attached hydrogens (tertiary/aromatic N) is 1. The van der Waals surface area contributed by atoms with E-state index in [1.165, 1.54) is 12.3 Å². The fourth-order valence-electron chi connectivity index (χ4n) is 0.841. The number of pyridine rings is 1. The lowest BCUT2D eigenvalue weighted by Gasteiger charge is -2.05. The van der Waals surface area contributed by atoms with E-state index in [1.807, 2.05) is 0 Å². The largest absolute Gasteiger partial charge is 0.433 e. The Morgan fingerprint density at radius 2 is 2.08 bits per heavy atom. The Morgan fingerprint density at radius 3 is 2.46 bits per heavy atom. The first-order chi connectivity index (χ1) is 6.04. The summed E-state index contributed by atoms with van der Waals surface area (Å²) in [5.74, 6) is 0. The summed E-state index contributed by atoms with van der Waals surface area (Å²) in [4.78, 5) is 3.28. The highest BCUT2D eigenvalue weighted by atomic mass is 19.4. The molecule has 5 heteroatoms. The van der Waals surface area contributed by atoms with Crippen molar-refractivity contribution in [2.45, 2.75) is 12.7 Å². The Kier molecular flexibility index (Phi) is 2.87. The van der Waals surface area contributed by atoms with Crippen LogP contribution in [0.1, 0.15) is 11.3 Å². The molecule has 1 heterocycles. The van der Waals surface area contributed by atoms with Crippen LogP contribution in [0.4, 0.5) is 13.2 Å². The number of rotatable bonds is 2. The van der Waals surface area contributed by atoms with Crippen LogP contribution in [0, 0.1) is 7.05 Å². The van der Waals surface area contributed by atoms with E-state index in [9.17, 15) is 13.2 Å². The number of nitrogens with one attached hydrogen (secondary N) is 1. The van der Waals surface area contributed by atoms with Gasteiger partial charge >= 0.3 is 6.18 Å². The van der Waals surface area contributed by atoms with Gasteiger partial charge in [-0.15, -0.1) is 0 Å². The van der Waals surface area contributed by atoms with Crippen molar-refractivity contribution in [3.8, 4) is 0 Å². The number of hydrogen-bond donors (Lipinski definition) is 1. The zero-order valence-corrected chi connectivity index (χ0v) is 6.73. The van der Waals surface area contributed by atoms with Gasteiger partial charge < -0.3 is 5.32 Å². The number of hydrogen-bond acceptors (Lipinski definition) is 2. The molecule has 2 nitrogen and oxygen atoms in total.